The number of carbonyl (C=O) groups is 1. The average Bonchev–Trinajstić information content (AvgIpc) is 3.33. The predicted octanol–water partition coefficient (Wildman–Crippen LogP) is 3.67. The second-order valence-corrected chi connectivity index (χ2v) is 7.38. The number of rotatable bonds is 3. The van der Waals surface area contributed by atoms with Crippen LogP contribution in [0.15, 0.2) is 43.0 Å². The average molecular weight is 388 g/mol. The SMILES string of the molecule is Cn1cc(-c2cc3c(-c4ccc5c(c4)CCCC5NC(=O)O)ncnc3[nH]2)cn1. The molecule has 146 valence electrons. The molecule has 1 atom stereocenters. The van der Waals surface area contributed by atoms with Gasteiger partial charge in [0.2, 0.25) is 0 Å². The fraction of sp³-hybridized carbons (Fsp3) is 0.238. The Hall–Kier alpha value is -3.68. The quantitative estimate of drug-likeness (QED) is 0.496. The van der Waals surface area contributed by atoms with Crippen molar-refractivity contribution in [1.82, 2.24) is 30.0 Å². The number of H-pyrrole nitrogens is 1. The first-order valence-corrected chi connectivity index (χ1v) is 9.54. The van der Waals surface area contributed by atoms with Crippen molar-refractivity contribution < 1.29 is 9.90 Å². The molecule has 1 aliphatic carbocycles. The first-order chi connectivity index (χ1) is 14.1. The topological polar surface area (TPSA) is 109 Å². The minimum Gasteiger partial charge on any atom is -0.465 e. The van der Waals surface area contributed by atoms with Crippen molar-refractivity contribution in [1.29, 1.82) is 0 Å². The van der Waals surface area contributed by atoms with Gasteiger partial charge in [-0.1, -0.05) is 12.1 Å². The standard InChI is InChI=1S/C21H20N6O2/c1-27-10-14(9-24-27)18-8-16-19(22-11-23-20(16)25-18)13-5-6-15-12(7-13)3-2-4-17(15)26-21(28)29/h5-11,17,26H,2-4H2,1H3,(H,28,29)(H,22,23,25). The number of amides is 1. The molecule has 29 heavy (non-hydrogen) atoms. The highest BCUT2D eigenvalue weighted by Crippen LogP contribution is 2.35. The van der Waals surface area contributed by atoms with Crippen molar-refractivity contribution in [3.8, 4) is 22.5 Å². The van der Waals surface area contributed by atoms with Crippen LogP contribution in [0.5, 0.6) is 0 Å². The molecular formula is C21H20N6O2. The molecule has 1 unspecified atom stereocenters. The maximum absolute atomic E-state index is 11.1. The zero-order valence-electron chi connectivity index (χ0n) is 15.9. The van der Waals surface area contributed by atoms with Gasteiger partial charge in [-0.25, -0.2) is 14.8 Å². The Bertz CT molecular complexity index is 1230. The number of benzene rings is 1. The van der Waals surface area contributed by atoms with E-state index >= 15 is 0 Å². The summed E-state index contributed by atoms with van der Waals surface area (Å²) >= 11 is 0. The molecule has 0 radical (unpaired) electrons. The van der Waals surface area contributed by atoms with E-state index in [-0.39, 0.29) is 6.04 Å². The van der Waals surface area contributed by atoms with Gasteiger partial charge in [0.1, 0.15) is 12.0 Å². The number of aromatic amines is 1. The summed E-state index contributed by atoms with van der Waals surface area (Å²) in [5.74, 6) is 0. The molecule has 1 aromatic carbocycles. The van der Waals surface area contributed by atoms with E-state index in [1.165, 1.54) is 5.56 Å². The van der Waals surface area contributed by atoms with Crippen LogP contribution >= 0.6 is 0 Å². The Kier molecular flexibility index (Phi) is 4.04. The van der Waals surface area contributed by atoms with Gasteiger partial charge in [0.25, 0.3) is 0 Å². The Morgan fingerprint density at radius 2 is 2.17 bits per heavy atom. The summed E-state index contributed by atoms with van der Waals surface area (Å²) in [6, 6.07) is 8.06. The summed E-state index contributed by atoms with van der Waals surface area (Å²) in [5.41, 5.74) is 6.79. The zero-order valence-corrected chi connectivity index (χ0v) is 15.9. The van der Waals surface area contributed by atoms with E-state index in [4.69, 9.17) is 5.11 Å². The number of nitrogens with zero attached hydrogens (tertiary/aromatic N) is 4. The van der Waals surface area contributed by atoms with Crippen molar-refractivity contribution in [3.63, 3.8) is 0 Å². The van der Waals surface area contributed by atoms with Gasteiger partial charge in [0.05, 0.1) is 23.6 Å². The Morgan fingerprint density at radius 3 is 2.97 bits per heavy atom. The summed E-state index contributed by atoms with van der Waals surface area (Å²) in [5, 5.41) is 16.9. The summed E-state index contributed by atoms with van der Waals surface area (Å²) in [4.78, 5) is 23.4. The fourth-order valence-electron chi connectivity index (χ4n) is 4.15. The minimum absolute atomic E-state index is 0.153. The van der Waals surface area contributed by atoms with Crippen LogP contribution in [-0.4, -0.2) is 35.9 Å². The molecule has 0 saturated heterocycles. The van der Waals surface area contributed by atoms with Gasteiger partial charge in [0.15, 0.2) is 0 Å². The van der Waals surface area contributed by atoms with Crippen LogP contribution in [0, 0.1) is 0 Å². The van der Waals surface area contributed by atoms with Crippen molar-refractivity contribution in [2.75, 3.05) is 0 Å². The lowest BCUT2D eigenvalue weighted by molar-refractivity contribution is 0.188. The minimum atomic E-state index is -0.986. The molecule has 0 spiro atoms. The van der Waals surface area contributed by atoms with E-state index in [2.05, 4.69) is 37.5 Å². The molecule has 4 aromatic rings. The van der Waals surface area contributed by atoms with Crippen molar-refractivity contribution in [2.24, 2.45) is 7.05 Å². The normalized spacial score (nSPS) is 16.0. The lowest BCUT2D eigenvalue weighted by Gasteiger charge is -2.25. The van der Waals surface area contributed by atoms with Crippen molar-refractivity contribution in [2.45, 2.75) is 25.3 Å². The third-order valence-electron chi connectivity index (χ3n) is 5.47. The molecule has 0 saturated carbocycles. The Labute approximate surface area is 166 Å². The number of aryl methyl sites for hydroxylation is 2. The van der Waals surface area contributed by atoms with Crippen LogP contribution in [0.1, 0.15) is 30.0 Å². The fourth-order valence-corrected chi connectivity index (χ4v) is 4.15. The van der Waals surface area contributed by atoms with Crippen LogP contribution in [-0.2, 0) is 13.5 Å². The number of hydrogen-bond donors (Lipinski definition) is 3. The maximum Gasteiger partial charge on any atom is 0.405 e. The van der Waals surface area contributed by atoms with E-state index in [1.807, 2.05) is 31.6 Å². The molecule has 5 rings (SSSR count). The second-order valence-electron chi connectivity index (χ2n) is 7.38. The highest BCUT2D eigenvalue weighted by molar-refractivity contribution is 5.94. The van der Waals surface area contributed by atoms with E-state index in [9.17, 15) is 4.79 Å². The van der Waals surface area contributed by atoms with E-state index in [0.717, 1.165) is 58.4 Å². The van der Waals surface area contributed by atoms with E-state index < -0.39 is 6.09 Å². The van der Waals surface area contributed by atoms with Crippen LogP contribution in [0.4, 0.5) is 4.79 Å². The first kappa shape index (κ1) is 17.4. The van der Waals surface area contributed by atoms with Gasteiger partial charge in [-0.2, -0.15) is 5.10 Å². The predicted molar refractivity (Wildman–Crippen MR) is 108 cm³/mol. The molecule has 3 aromatic heterocycles. The molecular weight excluding hydrogens is 368 g/mol. The lowest BCUT2D eigenvalue weighted by atomic mass is 9.86. The third kappa shape index (κ3) is 3.12. The van der Waals surface area contributed by atoms with Crippen LogP contribution in [0.25, 0.3) is 33.5 Å². The Morgan fingerprint density at radius 1 is 1.28 bits per heavy atom. The van der Waals surface area contributed by atoms with Crippen LogP contribution in [0.3, 0.4) is 0 Å². The molecule has 0 fully saturated rings. The van der Waals surface area contributed by atoms with Gasteiger partial charge < -0.3 is 15.4 Å². The highest BCUT2D eigenvalue weighted by atomic mass is 16.4. The lowest BCUT2D eigenvalue weighted by Crippen LogP contribution is -2.29. The van der Waals surface area contributed by atoms with Crippen LogP contribution in [0.2, 0.25) is 0 Å². The number of hydrogen-bond acceptors (Lipinski definition) is 4. The second kappa shape index (κ2) is 6.73. The summed E-state index contributed by atoms with van der Waals surface area (Å²) in [6.07, 6.45) is 7.05. The summed E-state index contributed by atoms with van der Waals surface area (Å²) < 4.78 is 1.76. The number of nitrogens with one attached hydrogen (secondary N) is 2. The van der Waals surface area contributed by atoms with Gasteiger partial charge in [-0.15, -0.1) is 0 Å². The molecule has 3 heterocycles. The molecule has 8 heteroatoms. The van der Waals surface area contributed by atoms with Gasteiger partial charge in [-0.05, 0) is 42.5 Å². The Balaban J connectivity index is 1.57. The smallest absolute Gasteiger partial charge is 0.405 e. The number of aromatic nitrogens is 5. The van der Waals surface area contributed by atoms with Crippen LogP contribution < -0.4 is 5.32 Å². The van der Waals surface area contributed by atoms with Gasteiger partial charge in [-0.3, -0.25) is 4.68 Å². The highest BCUT2D eigenvalue weighted by Gasteiger charge is 2.22. The monoisotopic (exact) mass is 388 g/mol. The van der Waals surface area contributed by atoms with Crippen molar-refractivity contribution >= 4 is 17.1 Å². The molecule has 0 bridgehead atoms. The first-order valence-electron chi connectivity index (χ1n) is 9.54. The van der Waals surface area contributed by atoms with Gasteiger partial charge in [0, 0.05) is 29.8 Å². The third-order valence-corrected chi connectivity index (χ3v) is 5.47. The van der Waals surface area contributed by atoms with E-state index in [0.29, 0.717) is 0 Å². The number of carboxylic acid groups (broad SMARTS) is 1. The summed E-state index contributed by atoms with van der Waals surface area (Å²) in [6.45, 7) is 0. The van der Waals surface area contributed by atoms with Crippen molar-refractivity contribution in [3.05, 3.63) is 54.1 Å². The number of fused-ring (bicyclic) bond motifs is 2. The molecule has 8 nitrogen and oxygen atoms in total. The molecule has 0 aliphatic heterocycles. The molecule has 3 N–H and O–H groups in total. The summed E-state index contributed by atoms with van der Waals surface area (Å²) in [7, 11) is 1.89. The molecule has 1 amide bonds. The van der Waals surface area contributed by atoms with E-state index in [1.54, 1.807) is 11.0 Å². The largest absolute Gasteiger partial charge is 0.465 e. The van der Waals surface area contributed by atoms with Gasteiger partial charge >= 0.3 is 6.09 Å². The zero-order chi connectivity index (χ0) is 20.0. The molecule has 1 aliphatic rings. The maximum atomic E-state index is 11.1.